The molecule has 0 atom stereocenters. The maximum Gasteiger partial charge on any atom is 0.238 e. The molecule has 14 rings (SSSR count). The van der Waals surface area contributed by atoms with Gasteiger partial charge in [-0.25, -0.2) is 9.37 Å². The van der Waals surface area contributed by atoms with Gasteiger partial charge in [0.1, 0.15) is 17.0 Å². The largest absolute Gasteiger partial charge is 0.455 e. The molecule has 0 saturated heterocycles. The van der Waals surface area contributed by atoms with E-state index in [1.54, 1.807) is 0 Å². The fourth-order valence-electron chi connectivity index (χ4n) is 10.4. The molecule has 0 bridgehead atoms. The minimum absolute atomic E-state index is 0.295. The highest BCUT2D eigenvalue weighted by Gasteiger charge is 2.25. The molecule has 0 spiro atoms. The van der Waals surface area contributed by atoms with Crippen LogP contribution in [0.25, 0.3) is 133 Å². The van der Waals surface area contributed by atoms with Gasteiger partial charge >= 0.3 is 0 Å². The molecular weight excluding hydrogens is 862 g/mol. The van der Waals surface area contributed by atoms with Gasteiger partial charge in [0.15, 0.2) is 11.6 Å². The van der Waals surface area contributed by atoms with Crippen molar-refractivity contribution in [2.75, 3.05) is 0 Å². The molecule has 0 N–H and O–H groups in total. The number of nitrogens with zero attached hydrogens (tertiary/aromatic N) is 5. The summed E-state index contributed by atoms with van der Waals surface area (Å²) >= 11 is 0. The Balaban J connectivity index is 1.07. The Kier molecular flexibility index (Phi) is 8.97. The second-order valence-electron chi connectivity index (χ2n) is 17.7. The van der Waals surface area contributed by atoms with Crippen molar-refractivity contribution in [3.8, 4) is 67.8 Å². The second-order valence-corrected chi connectivity index (χ2v) is 17.7. The van der Waals surface area contributed by atoms with Crippen LogP contribution in [-0.2, 0) is 0 Å². The number of benzene rings is 10. The van der Waals surface area contributed by atoms with Crippen molar-refractivity contribution in [3.05, 3.63) is 236 Å². The lowest BCUT2D eigenvalue weighted by atomic mass is 10.0. The average Bonchev–Trinajstić information content (AvgIpc) is 4.09. The first kappa shape index (κ1) is 39.7. The van der Waals surface area contributed by atoms with Crippen LogP contribution in [0, 0.1) is 5.82 Å². The second kappa shape index (κ2) is 15.8. The lowest BCUT2D eigenvalue weighted by Crippen LogP contribution is -2.07. The molecule has 0 fully saturated rings. The van der Waals surface area contributed by atoms with Crippen molar-refractivity contribution in [1.82, 2.24) is 24.1 Å². The van der Waals surface area contributed by atoms with Crippen LogP contribution in [-0.4, -0.2) is 24.1 Å². The van der Waals surface area contributed by atoms with E-state index in [0.29, 0.717) is 17.6 Å². The van der Waals surface area contributed by atoms with Crippen molar-refractivity contribution in [2.45, 2.75) is 0 Å². The van der Waals surface area contributed by atoms with Gasteiger partial charge in [-0.2, -0.15) is 9.97 Å². The van der Waals surface area contributed by atoms with Crippen molar-refractivity contribution >= 4 is 65.6 Å². The van der Waals surface area contributed by atoms with Crippen LogP contribution in [0.1, 0.15) is 0 Å². The minimum Gasteiger partial charge on any atom is -0.455 e. The highest BCUT2D eigenvalue weighted by molar-refractivity contribution is 6.24. The monoisotopic (exact) mass is 899 g/mol. The third-order valence-corrected chi connectivity index (χ3v) is 13.7. The smallest absolute Gasteiger partial charge is 0.238 e. The van der Waals surface area contributed by atoms with E-state index < -0.39 is 0 Å². The maximum absolute atomic E-state index is 14.5. The molecule has 6 nitrogen and oxygen atoms in total. The molecule has 0 aliphatic rings. The summed E-state index contributed by atoms with van der Waals surface area (Å²) in [6, 6.07) is 78.4. The van der Waals surface area contributed by atoms with Crippen LogP contribution < -0.4 is 0 Å². The standard InChI is InChI=1S/C63H38FN5O/c64-46-33-31-43(32-34-46)53-37-47(38-54-50-19-9-12-22-57(50)70-60(53)54)68-55-20-10-7-17-48(55)51-35-36-52-49-18-8-11-21-56(49)69(59(52)58(51)68)63-66-61(44-27-23-41(24-28-44)39-13-3-1-4-14-39)65-62(67-63)45-29-25-42(26-30-45)40-15-5-2-6-16-40/h1-38H. The van der Waals surface area contributed by atoms with Crippen LogP contribution in [0.5, 0.6) is 0 Å². The van der Waals surface area contributed by atoms with Crippen LogP contribution >= 0.6 is 0 Å². The summed E-state index contributed by atoms with van der Waals surface area (Å²) in [4.78, 5) is 16.1. The summed E-state index contributed by atoms with van der Waals surface area (Å²) in [6.07, 6.45) is 0. The van der Waals surface area contributed by atoms with E-state index in [1.807, 2.05) is 42.5 Å². The fourth-order valence-corrected chi connectivity index (χ4v) is 10.4. The first-order chi connectivity index (χ1) is 34.6. The SMILES string of the molecule is Fc1ccc(-c2cc(-n3c4ccccc4c4ccc5c6ccccc6n(-c6nc(-c7ccc(-c8ccccc8)cc7)nc(-c7ccc(-c8ccccc8)cc7)n6)c5c43)cc3c2oc2ccccc23)cc1. The molecular formula is C63H38FN5O. The summed E-state index contributed by atoms with van der Waals surface area (Å²) in [6.45, 7) is 0. The molecule has 14 aromatic rings. The lowest BCUT2D eigenvalue weighted by Gasteiger charge is -2.15. The summed E-state index contributed by atoms with van der Waals surface area (Å²) in [5, 5.41) is 6.28. The van der Waals surface area contributed by atoms with Crippen molar-refractivity contribution < 1.29 is 8.81 Å². The molecule has 0 radical (unpaired) electrons. The Labute approximate surface area is 400 Å². The average molecular weight is 900 g/mol. The van der Waals surface area contributed by atoms with Gasteiger partial charge in [0.2, 0.25) is 5.95 Å². The van der Waals surface area contributed by atoms with Gasteiger partial charge in [0.25, 0.3) is 0 Å². The first-order valence-corrected chi connectivity index (χ1v) is 23.4. The van der Waals surface area contributed by atoms with E-state index in [-0.39, 0.29) is 5.82 Å². The molecule has 0 aliphatic carbocycles. The zero-order valence-corrected chi connectivity index (χ0v) is 37.5. The summed E-state index contributed by atoms with van der Waals surface area (Å²) in [5.74, 6) is 1.33. The van der Waals surface area contributed by atoms with E-state index in [9.17, 15) is 4.39 Å². The summed E-state index contributed by atoms with van der Waals surface area (Å²) in [5.41, 5.74) is 14.4. The van der Waals surface area contributed by atoms with Gasteiger partial charge in [0.05, 0.1) is 22.1 Å². The molecule has 7 heteroatoms. The van der Waals surface area contributed by atoms with Crippen LogP contribution in [0.3, 0.4) is 0 Å². The Hall–Kier alpha value is -9.46. The number of para-hydroxylation sites is 3. The number of aromatic nitrogens is 5. The van der Waals surface area contributed by atoms with E-state index >= 15 is 0 Å². The maximum atomic E-state index is 14.5. The lowest BCUT2D eigenvalue weighted by molar-refractivity contribution is 0.628. The molecule has 0 saturated carbocycles. The molecule has 70 heavy (non-hydrogen) atoms. The topological polar surface area (TPSA) is 61.7 Å². The van der Waals surface area contributed by atoms with Gasteiger partial charge in [-0.15, -0.1) is 0 Å². The van der Waals surface area contributed by atoms with Crippen molar-refractivity contribution in [3.63, 3.8) is 0 Å². The third-order valence-electron chi connectivity index (χ3n) is 13.7. The number of furan rings is 1. The molecule has 0 aliphatic heterocycles. The fraction of sp³-hybridized carbons (Fsp3) is 0. The van der Waals surface area contributed by atoms with Crippen LogP contribution in [0.4, 0.5) is 4.39 Å². The number of halogens is 1. The highest BCUT2D eigenvalue weighted by atomic mass is 19.1. The number of rotatable bonds is 7. The van der Waals surface area contributed by atoms with Crippen LogP contribution in [0.15, 0.2) is 235 Å². The van der Waals surface area contributed by atoms with E-state index in [4.69, 9.17) is 19.4 Å². The van der Waals surface area contributed by atoms with Crippen molar-refractivity contribution in [1.29, 1.82) is 0 Å². The molecule has 0 unspecified atom stereocenters. The Morgan fingerprint density at radius 1 is 0.343 bits per heavy atom. The minimum atomic E-state index is -0.295. The Morgan fingerprint density at radius 2 is 0.800 bits per heavy atom. The predicted molar refractivity (Wildman–Crippen MR) is 283 cm³/mol. The van der Waals surface area contributed by atoms with Gasteiger partial charge in [0, 0.05) is 54.7 Å². The Bertz CT molecular complexity index is 4230. The molecule has 0 amide bonds. The van der Waals surface area contributed by atoms with Gasteiger partial charge in [-0.05, 0) is 70.3 Å². The summed E-state index contributed by atoms with van der Waals surface area (Å²) in [7, 11) is 0. The third kappa shape index (κ3) is 6.36. The van der Waals surface area contributed by atoms with E-state index in [0.717, 1.165) is 116 Å². The Morgan fingerprint density at radius 3 is 1.39 bits per heavy atom. The quantitative estimate of drug-likeness (QED) is 0.160. The first-order valence-electron chi connectivity index (χ1n) is 23.4. The van der Waals surface area contributed by atoms with Gasteiger partial charge in [-0.1, -0.05) is 188 Å². The summed E-state index contributed by atoms with van der Waals surface area (Å²) < 4.78 is 25.7. The number of hydrogen-bond acceptors (Lipinski definition) is 4. The zero-order valence-electron chi connectivity index (χ0n) is 37.5. The molecule has 328 valence electrons. The van der Waals surface area contributed by atoms with Gasteiger partial charge < -0.3 is 8.98 Å². The zero-order chi connectivity index (χ0) is 46.3. The van der Waals surface area contributed by atoms with E-state index in [2.05, 4.69) is 185 Å². The van der Waals surface area contributed by atoms with E-state index in [1.165, 1.54) is 12.1 Å². The predicted octanol–water partition coefficient (Wildman–Crippen LogP) is 16.4. The number of hydrogen-bond donors (Lipinski definition) is 0. The van der Waals surface area contributed by atoms with Gasteiger partial charge in [-0.3, -0.25) is 4.57 Å². The normalized spacial score (nSPS) is 11.8. The number of fused-ring (bicyclic) bond motifs is 10. The van der Waals surface area contributed by atoms with Crippen molar-refractivity contribution in [2.24, 2.45) is 0 Å². The molecule has 10 aromatic carbocycles. The molecule has 4 heterocycles. The molecule has 4 aromatic heterocycles. The van der Waals surface area contributed by atoms with Crippen LogP contribution in [0.2, 0.25) is 0 Å². The highest BCUT2D eigenvalue weighted by Crippen LogP contribution is 2.44.